The fourth-order valence-corrected chi connectivity index (χ4v) is 3.00. The summed E-state index contributed by atoms with van der Waals surface area (Å²) < 4.78 is 6.57. The van der Waals surface area contributed by atoms with E-state index in [4.69, 9.17) is 16.3 Å². The lowest BCUT2D eigenvalue weighted by Gasteiger charge is -2.18. The molecule has 1 aromatic carbocycles. The second-order valence-electron chi connectivity index (χ2n) is 5.85. The third kappa shape index (κ3) is 3.70. The molecule has 0 bridgehead atoms. The fraction of sp³-hybridized carbons (Fsp3) is 0.211. The van der Waals surface area contributed by atoms with Crippen LogP contribution in [0, 0.1) is 6.92 Å². The SMILES string of the molecule is COC(=O)C[C@H](NC(=O)c1cn2c(C)cccc2n1)c1ccccc1Cl. The minimum absolute atomic E-state index is 0.0294. The summed E-state index contributed by atoms with van der Waals surface area (Å²) in [6, 6.07) is 12.1. The van der Waals surface area contributed by atoms with Crippen molar-refractivity contribution in [2.75, 3.05) is 7.11 Å². The van der Waals surface area contributed by atoms with Crippen LogP contribution >= 0.6 is 11.6 Å². The number of carbonyl (C=O) groups is 2. The highest BCUT2D eigenvalue weighted by molar-refractivity contribution is 6.31. The highest BCUT2D eigenvalue weighted by Gasteiger charge is 2.23. The smallest absolute Gasteiger partial charge is 0.307 e. The highest BCUT2D eigenvalue weighted by atomic mass is 35.5. The summed E-state index contributed by atoms with van der Waals surface area (Å²) in [5, 5.41) is 3.30. The van der Waals surface area contributed by atoms with Gasteiger partial charge in [-0.1, -0.05) is 35.9 Å². The van der Waals surface area contributed by atoms with Gasteiger partial charge in [-0.2, -0.15) is 0 Å². The number of benzene rings is 1. The highest BCUT2D eigenvalue weighted by Crippen LogP contribution is 2.26. The van der Waals surface area contributed by atoms with Gasteiger partial charge in [0.15, 0.2) is 0 Å². The van der Waals surface area contributed by atoms with Gasteiger partial charge in [-0.15, -0.1) is 0 Å². The fourth-order valence-electron chi connectivity index (χ4n) is 2.74. The van der Waals surface area contributed by atoms with Crippen LogP contribution in [0.5, 0.6) is 0 Å². The normalized spacial score (nSPS) is 12.0. The number of carbonyl (C=O) groups excluding carboxylic acids is 2. The molecule has 0 saturated heterocycles. The number of amides is 1. The van der Waals surface area contributed by atoms with Gasteiger partial charge in [-0.3, -0.25) is 9.59 Å². The Kier molecular flexibility index (Phi) is 5.23. The predicted octanol–water partition coefficient (Wildman–Crippen LogP) is 3.33. The second-order valence-corrected chi connectivity index (χ2v) is 6.26. The average molecular weight is 372 g/mol. The maximum Gasteiger partial charge on any atom is 0.307 e. The number of methoxy groups -OCH3 is 1. The van der Waals surface area contributed by atoms with Crippen molar-refractivity contribution in [2.45, 2.75) is 19.4 Å². The van der Waals surface area contributed by atoms with Gasteiger partial charge in [0.2, 0.25) is 0 Å². The third-order valence-electron chi connectivity index (χ3n) is 4.11. The van der Waals surface area contributed by atoms with E-state index < -0.39 is 12.0 Å². The van der Waals surface area contributed by atoms with E-state index in [-0.39, 0.29) is 18.0 Å². The Bertz CT molecular complexity index is 968. The number of imidazole rings is 1. The van der Waals surface area contributed by atoms with Crippen molar-refractivity contribution >= 4 is 29.1 Å². The predicted molar refractivity (Wildman–Crippen MR) is 98.2 cm³/mol. The molecule has 0 fully saturated rings. The number of nitrogens with zero attached hydrogens (tertiary/aromatic N) is 2. The molecule has 3 rings (SSSR count). The van der Waals surface area contributed by atoms with Crippen LogP contribution in [0.15, 0.2) is 48.7 Å². The average Bonchev–Trinajstić information content (AvgIpc) is 3.07. The van der Waals surface area contributed by atoms with Crippen LogP contribution in [0.4, 0.5) is 0 Å². The number of ether oxygens (including phenoxy) is 1. The standard InChI is InChI=1S/C19H18ClN3O3/c1-12-6-5-9-17-21-16(11-23(12)17)19(25)22-15(10-18(24)26-2)13-7-3-4-8-14(13)20/h3-9,11,15H,10H2,1-2H3,(H,22,25)/t15-/m0/s1. The van der Waals surface area contributed by atoms with Gasteiger partial charge in [0.1, 0.15) is 11.3 Å². The molecule has 0 aliphatic rings. The number of aromatic nitrogens is 2. The zero-order valence-electron chi connectivity index (χ0n) is 14.4. The van der Waals surface area contributed by atoms with Crippen molar-refractivity contribution in [3.8, 4) is 0 Å². The monoisotopic (exact) mass is 371 g/mol. The van der Waals surface area contributed by atoms with Gasteiger partial charge < -0.3 is 14.5 Å². The van der Waals surface area contributed by atoms with Crippen molar-refractivity contribution in [1.82, 2.24) is 14.7 Å². The van der Waals surface area contributed by atoms with E-state index in [1.165, 1.54) is 7.11 Å². The minimum atomic E-state index is -0.616. The number of halogens is 1. The van der Waals surface area contributed by atoms with Gasteiger partial charge in [0.25, 0.3) is 5.91 Å². The van der Waals surface area contributed by atoms with Crippen molar-refractivity contribution in [2.24, 2.45) is 0 Å². The zero-order valence-corrected chi connectivity index (χ0v) is 15.2. The second kappa shape index (κ2) is 7.58. The molecule has 0 aliphatic heterocycles. The van der Waals surface area contributed by atoms with E-state index in [0.29, 0.717) is 16.2 Å². The Hall–Kier alpha value is -2.86. The lowest BCUT2D eigenvalue weighted by molar-refractivity contribution is -0.141. The summed E-state index contributed by atoms with van der Waals surface area (Å²) in [6.45, 7) is 1.93. The molecule has 2 aromatic heterocycles. The summed E-state index contributed by atoms with van der Waals surface area (Å²) in [5.74, 6) is -0.831. The quantitative estimate of drug-likeness (QED) is 0.698. The van der Waals surface area contributed by atoms with Crippen LogP contribution in [0.25, 0.3) is 5.65 Å². The summed E-state index contributed by atoms with van der Waals surface area (Å²) in [6.07, 6.45) is 1.64. The maximum absolute atomic E-state index is 12.7. The molecule has 0 spiro atoms. The van der Waals surface area contributed by atoms with Crippen molar-refractivity contribution in [1.29, 1.82) is 0 Å². The van der Waals surface area contributed by atoms with Gasteiger partial charge in [0, 0.05) is 16.9 Å². The van der Waals surface area contributed by atoms with Crippen LogP contribution in [0.3, 0.4) is 0 Å². The van der Waals surface area contributed by atoms with E-state index in [0.717, 1.165) is 5.69 Å². The molecular formula is C19H18ClN3O3. The molecule has 6 nitrogen and oxygen atoms in total. The van der Waals surface area contributed by atoms with Crippen molar-refractivity contribution in [3.63, 3.8) is 0 Å². The van der Waals surface area contributed by atoms with Gasteiger partial charge in [-0.05, 0) is 30.7 Å². The van der Waals surface area contributed by atoms with Gasteiger partial charge in [0.05, 0.1) is 19.6 Å². The number of hydrogen-bond acceptors (Lipinski definition) is 4. The maximum atomic E-state index is 12.7. The Morgan fingerprint density at radius 2 is 2.00 bits per heavy atom. The van der Waals surface area contributed by atoms with Crippen molar-refractivity contribution in [3.05, 3.63) is 70.6 Å². The zero-order chi connectivity index (χ0) is 18.7. The van der Waals surface area contributed by atoms with E-state index in [1.54, 1.807) is 30.5 Å². The van der Waals surface area contributed by atoms with E-state index in [2.05, 4.69) is 10.3 Å². The summed E-state index contributed by atoms with van der Waals surface area (Å²) in [4.78, 5) is 28.8. The van der Waals surface area contributed by atoms with E-state index >= 15 is 0 Å². The minimum Gasteiger partial charge on any atom is -0.469 e. The summed E-state index contributed by atoms with van der Waals surface area (Å²) in [7, 11) is 1.30. The first-order valence-corrected chi connectivity index (χ1v) is 8.44. The molecule has 134 valence electrons. The Morgan fingerprint density at radius 1 is 1.23 bits per heavy atom. The van der Waals surface area contributed by atoms with Crippen LogP contribution in [0.1, 0.15) is 34.2 Å². The Labute approximate surface area is 155 Å². The number of nitrogens with one attached hydrogen (secondary N) is 1. The Balaban J connectivity index is 1.89. The van der Waals surface area contributed by atoms with Crippen molar-refractivity contribution < 1.29 is 14.3 Å². The largest absolute Gasteiger partial charge is 0.469 e. The molecular weight excluding hydrogens is 354 g/mol. The molecule has 1 N–H and O–H groups in total. The number of hydrogen-bond donors (Lipinski definition) is 1. The molecule has 1 atom stereocenters. The molecule has 0 saturated carbocycles. The molecule has 3 aromatic rings. The lowest BCUT2D eigenvalue weighted by atomic mass is 10.0. The van der Waals surface area contributed by atoms with Gasteiger partial charge in [-0.25, -0.2) is 4.98 Å². The molecule has 2 heterocycles. The van der Waals surface area contributed by atoms with Gasteiger partial charge >= 0.3 is 5.97 Å². The molecule has 7 heteroatoms. The number of rotatable bonds is 5. The van der Waals surface area contributed by atoms with E-state index in [1.807, 2.05) is 29.5 Å². The first-order chi connectivity index (χ1) is 12.5. The van der Waals surface area contributed by atoms with Crippen LogP contribution in [0.2, 0.25) is 5.02 Å². The lowest BCUT2D eigenvalue weighted by Crippen LogP contribution is -2.31. The summed E-state index contributed by atoms with van der Waals surface area (Å²) >= 11 is 6.24. The molecule has 0 radical (unpaired) electrons. The third-order valence-corrected chi connectivity index (χ3v) is 4.46. The summed E-state index contributed by atoms with van der Waals surface area (Å²) in [5.41, 5.74) is 2.55. The topological polar surface area (TPSA) is 72.7 Å². The number of esters is 1. The van der Waals surface area contributed by atoms with Crippen LogP contribution < -0.4 is 5.32 Å². The van der Waals surface area contributed by atoms with Crippen LogP contribution in [-0.2, 0) is 9.53 Å². The molecule has 26 heavy (non-hydrogen) atoms. The Morgan fingerprint density at radius 3 is 2.69 bits per heavy atom. The van der Waals surface area contributed by atoms with E-state index in [9.17, 15) is 9.59 Å². The number of pyridine rings is 1. The molecule has 0 unspecified atom stereocenters. The molecule has 1 amide bonds. The first kappa shape index (κ1) is 17.9. The number of fused-ring (bicyclic) bond motifs is 1. The van der Waals surface area contributed by atoms with Crippen LogP contribution in [-0.4, -0.2) is 28.4 Å². The first-order valence-electron chi connectivity index (χ1n) is 8.06. The molecule has 0 aliphatic carbocycles. The number of aryl methyl sites for hydroxylation is 1.